The highest BCUT2D eigenvalue weighted by Crippen LogP contribution is 2.23. The van der Waals surface area contributed by atoms with E-state index in [1.807, 2.05) is 31.2 Å². The van der Waals surface area contributed by atoms with Crippen molar-refractivity contribution in [2.75, 3.05) is 0 Å². The maximum Gasteiger partial charge on any atom is 0.181 e. The lowest BCUT2D eigenvalue weighted by Gasteiger charge is -2.03. The molecule has 17 heavy (non-hydrogen) atoms. The van der Waals surface area contributed by atoms with E-state index in [9.17, 15) is 4.79 Å². The molecule has 0 N–H and O–H groups in total. The van der Waals surface area contributed by atoms with Gasteiger partial charge in [-0.3, -0.25) is 4.79 Å². The third kappa shape index (κ3) is 1.73. The molecule has 1 aromatic carbocycles. The van der Waals surface area contributed by atoms with E-state index in [0.717, 1.165) is 23.1 Å². The fraction of sp³-hybridized carbons (Fsp3) is 0.214. The van der Waals surface area contributed by atoms with Crippen LogP contribution >= 0.6 is 0 Å². The van der Waals surface area contributed by atoms with Crippen molar-refractivity contribution in [1.29, 1.82) is 0 Å². The molecule has 0 saturated heterocycles. The molecule has 2 aromatic rings. The summed E-state index contributed by atoms with van der Waals surface area (Å²) in [6.07, 6.45) is 3.13. The summed E-state index contributed by atoms with van der Waals surface area (Å²) in [6, 6.07) is 8.00. The van der Waals surface area contributed by atoms with Gasteiger partial charge < -0.3 is 0 Å². The standard InChI is InChI=1S/C14H12N2O/c1-9-3-2-4-10(7-9)14-15-8-11-5-6-12(17)13(11)16-14/h2-4,7-8H,5-6H2,1H3. The fourth-order valence-corrected chi connectivity index (χ4v) is 2.12. The Bertz CT molecular complexity index is 605. The van der Waals surface area contributed by atoms with E-state index < -0.39 is 0 Å². The van der Waals surface area contributed by atoms with E-state index in [4.69, 9.17) is 0 Å². The van der Waals surface area contributed by atoms with Gasteiger partial charge in [0.05, 0.1) is 0 Å². The van der Waals surface area contributed by atoms with Crippen LogP contribution in [0.4, 0.5) is 0 Å². The normalized spacial score (nSPS) is 13.8. The summed E-state index contributed by atoms with van der Waals surface area (Å²) in [4.78, 5) is 20.3. The maximum absolute atomic E-state index is 11.6. The summed E-state index contributed by atoms with van der Waals surface area (Å²) in [5.74, 6) is 0.777. The van der Waals surface area contributed by atoms with Crippen LogP contribution in [0.15, 0.2) is 30.5 Å². The fourth-order valence-electron chi connectivity index (χ4n) is 2.12. The van der Waals surface area contributed by atoms with Gasteiger partial charge in [-0.2, -0.15) is 0 Å². The minimum Gasteiger partial charge on any atom is -0.292 e. The molecule has 84 valence electrons. The number of carbonyl (C=O) groups is 1. The zero-order valence-corrected chi connectivity index (χ0v) is 9.60. The van der Waals surface area contributed by atoms with Crippen molar-refractivity contribution in [2.45, 2.75) is 19.8 Å². The molecule has 0 fully saturated rings. The lowest BCUT2D eigenvalue weighted by atomic mass is 10.1. The number of hydrogen-bond acceptors (Lipinski definition) is 3. The Kier molecular flexibility index (Phi) is 2.25. The first-order chi connectivity index (χ1) is 8.24. The van der Waals surface area contributed by atoms with Crippen LogP contribution in [0.1, 0.15) is 28.0 Å². The second-order valence-corrected chi connectivity index (χ2v) is 4.36. The minimum absolute atomic E-state index is 0.135. The molecule has 3 rings (SSSR count). The molecule has 0 saturated carbocycles. The predicted molar refractivity (Wildman–Crippen MR) is 64.9 cm³/mol. The summed E-state index contributed by atoms with van der Waals surface area (Å²) in [7, 11) is 0. The highest BCUT2D eigenvalue weighted by atomic mass is 16.1. The molecule has 3 heteroatoms. The molecule has 0 bridgehead atoms. The second-order valence-electron chi connectivity index (χ2n) is 4.36. The van der Waals surface area contributed by atoms with E-state index in [1.165, 1.54) is 0 Å². The third-order valence-corrected chi connectivity index (χ3v) is 3.03. The van der Waals surface area contributed by atoms with Gasteiger partial charge in [0.25, 0.3) is 0 Å². The molecule has 0 unspecified atom stereocenters. The quantitative estimate of drug-likeness (QED) is 0.747. The van der Waals surface area contributed by atoms with Gasteiger partial charge in [-0.25, -0.2) is 9.97 Å². The van der Waals surface area contributed by atoms with E-state index in [2.05, 4.69) is 9.97 Å². The summed E-state index contributed by atoms with van der Waals surface area (Å²) in [6.45, 7) is 2.03. The van der Waals surface area contributed by atoms with Crippen molar-refractivity contribution < 1.29 is 4.79 Å². The van der Waals surface area contributed by atoms with Gasteiger partial charge in [-0.15, -0.1) is 0 Å². The van der Waals surface area contributed by atoms with Crippen molar-refractivity contribution >= 4 is 5.78 Å². The third-order valence-electron chi connectivity index (χ3n) is 3.03. The summed E-state index contributed by atoms with van der Waals surface area (Å²) < 4.78 is 0. The largest absolute Gasteiger partial charge is 0.292 e. The molecular weight excluding hydrogens is 212 g/mol. The molecule has 0 aliphatic heterocycles. The number of ketones is 1. The Morgan fingerprint density at radius 2 is 2.12 bits per heavy atom. The first-order valence-electron chi connectivity index (χ1n) is 5.70. The Morgan fingerprint density at radius 1 is 1.24 bits per heavy atom. The van der Waals surface area contributed by atoms with Gasteiger partial charge in [-0.1, -0.05) is 23.8 Å². The summed E-state index contributed by atoms with van der Waals surface area (Å²) >= 11 is 0. The number of rotatable bonds is 1. The first kappa shape index (κ1) is 10.1. The number of fused-ring (bicyclic) bond motifs is 1. The average Bonchev–Trinajstić information content (AvgIpc) is 2.71. The lowest BCUT2D eigenvalue weighted by Crippen LogP contribution is -1.99. The van der Waals surface area contributed by atoms with Crippen molar-refractivity contribution in [3.8, 4) is 11.4 Å². The maximum atomic E-state index is 11.6. The van der Waals surface area contributed by atoms with Crippen molar-refractivity contribution in [3.63, 3.8) is 0 Å². The number of nitrogens with zero attached hydrogens (tertiary/aromatic N) is 2. The van der Waals surface area contributed by atoms with Crippen LogP contribution in [0.2, 0.25) is 0 Å². The molecule has 1 heterocycles. The van der Waals surface area contributed by atoms with E-state index in [-0.39, 0.29) is 5.78 Å². The van der Waals surface area contributed by atoms with Crippen molar-refractivity contribution in [3.05, 3.63) is 47.3 Å². The summed E-state index contributed by atoms with van der Waals surface area (Å²) in [5, 5.41) is 0. The smallest absolute Gasteiger partial charge is 0.181 e. The predicted octanol–water partition coefficient (Wildman–Crippen LogP) is 2.58. The zero-order chi connectivity index (χ0) is 11.8. The van der Waals surface area contributed by atoms with Gasteiger partial charge in [0.2, 0.25) is 0 Å². The number of aryl methyl sites for hydroxylation is 2. The molecule has 0 amide bonds. The van der Waals surface area contributed by atoms with Gasteiger partial charge >= 0.3 is 0 Å². The molecule has 3 nitrogen and oxygen atoms in total. The first-order valence-corrected chi connectivity index (χ1v) is 5.70. The van der Waals surface area contributed by atoms with Crippen LogP contribution in [0.3, 0.4) is 0 Å². The summed E-state index contributed by atoms with van der Waals surface area (Å²) in [5.41, 5.74) is 3.72. The SMILES string of the molecule is Cc1cccc(-c2ncc3c(n2)C(=O)CC3)c1. The van der Waals surface area contributed by atoms with E-state index >= 15 is 0 Å². The highest BCUT2D eigenvalue weighted by molar-refractivity contribution is 5.98. The molecule has 0 atom stereocenters. The Labute approximate surface area is 99.5 Å². The van der Waals surface area contributed by atoms with Crippen LogP contribution in [-0.4, -0.2) is 15.8 Å². The van der Waals surface area contributed by atoms with Gasteiger partial charge in [0, 0.05) is 23.7 Å². The number of Topliss-reactive ketones (excluding diaryl/α,β-unsaturated/α-hetero) is 1. The Hall–Kier alpha value is -2.03. The van der Waals surface area contributed by atoms with Crippen LogP contribution in [0, 0.1) is 6.92 Å². The Balaban J connectivity index is 2.11. The van der Waals surface area contributed by atoms with Crippen molar-refractivity contribution in [1.82, 2.24) is 9.97 Å². The van der Waals surface area contributed by atoms with Crippen molar-refractivity contribution in [2.24, 2.45) is 0 Å². The van der Waals surface area contributed by atoms with Gasteiger partial charge in [0.1, 0.15) is 5.69 Å². The molecule has 1 aliphatic rings. The molecule has 1 aromatic heterocycles. The van der Waals surface area contributed by atoms with E-state index in [0.29, 0.717) is 17.9 Å². The Morgan fingerprint density at radius 3 is 2.94 bits per heavy atom. The molecular formula is C14H12N2O. The van der Waals surface area contributed by atoms with Crippen LogP contribution in [-0.2, 0) is 6.42 Å². The number of benzene rings is 1. The highest BCUT2D eigenvalue weighted by Gasteiger charge is 2.22. The molecule has 0 radical (unpaired) electrons. The minimum atomic E-state index is 0.135. The second kappa shape index (κ2) is 3.77. The zero-order valence-electron chi connectivity index (χ0n) is 9.60. The molecule has 0 spiro atoms. The van der Waals surface area contributed by atoms with Crippen LogP contribution in [0.5, 0.6) is 0 Å². The topological polar surface area (TPSA) is 42.9 Å². The molecule has 1 aliphatic carbocycles. The lowest BCUT2D eigenvalue weighted by molar-refractivity contribution is 0.0990. The van der Waals surface area contributed by atoms with Crippen LogP contribution < -0.4 is 0 Å². The van der Waals surface area contributed by atoms with Gasteiger partial charge in [0.15, 0.2) is 11.6 Å². The van der Waals surface area contributed by atoms with Crippen LogP contribution in [0.25, 0.3) is 11.4 Å². The monoisotopic (exact) mass is 224 g/mol. The average molecular weight is 224 g/mol. The number of carbonyl (C=O) groups excluding carboxylic acids is 1. The number of hydrogen-bond donors (Lipinski definition) is 0. The van der Waals surface area contributed by atoms with Gasteiger partial charge in [-0.05, 0) is 19.4 Å². The van der Waals surface area contributed by atoms with E-state index in [1.54, 1.807) is 6.20 Å². The number of aromatic nitrogens is 2.